The smallest absolute Gasteiger partial charge is 0.244 e. The first kappa shape index (κ1) is 30.2. The molecule has 12 heteroatoms. The van der Waals surface area contributed by atoms with Gasteiger partial charge in [-0.2, -0.15) is 0 Å². The Morgan fingerprint density at radius 2 is 1.67 bits per heavy atom. The minimum absolute atomic E-state index is 0.00489. The number of hydrogen-bond donors (Lipinski definition) is 1. The van der Waals surface area contributed by atoms with Gasteiger partial charge in [0.15, 0.2) is 0 Å². The zero-order chi connectivity index (χ0) is 27.2. The molecule has 198 valence electrons. The van der Waals surface area contributed by atoms with Gasteiger partial charge >= 0.3 is 0 Å². The Hall–Kier alpha value is -2.07. The topological polar surface area (TPSA) is 86.8 Å². The van der Waals surface area contributed by atoms with E-state index < -0.39 is 40.2 Å². The van der Waals surface area contributed by atoms with Gasteiger partial charge < -0.3 is 10.2 Å². The normalized spacial score (nSPS) is 12.4. The Bertz CT molecular complexity index is 1190. The highest BCUT2D eigenvalue weighted by Crippen LogP contribution is 2.28. The predicted molar refractivity (Wildman–Crippen MR) is 143 cm³/mol. The van der Waals surface area contributed by atoms with Crippen molar-refractivity contribution in [3.8, 4) is 0 Å². The van der Waals surface area contributed by atoms with Crippen molar-refractivity contribution in [2.75, 3.05) is 23.7 Å². The fourth-order valence-electron chi connectivity index (χ4n) is 3.45. The largest absolute Gasteiger partial charge is 0.354 e. The minimum Gasteiger partial charge on any atom is -0.354 e. The standard InChI is InChI=1S/C24H29Cl3FN3O4S/c1-5-22(24(33)29-12-15(2)3)30(13-17-18(25)7-6-8-19(17)26)23(32)14-31(36(4,34)35)16-9-10-21(28)20(27)11-16/h6-11,15,22H,5,12-14H2,1-4H3,(H,29,33). The Labute approximate surface area is 226 Å². The number of hydrogen-bond acceptors (Lipinski definition) is 4. The van der Waals surface area contributed by atoms with Gasteiger partial charge in [0.1, 0.15) is 18.4 Å². The van der Waals surface area contributed by atoms with Crippen LogP contribution in [0.5, 0.6) is 0 Å². The van der Waals surface area contributed by atoms with Crippen LogP contribution in [0.3, 0.4) is 0 Å². The average molecular weight is 581 g/mol. The SMILES string of the molecule is CCC(C(=O)NCC(C)C)N(Cc1c(Cl)cccc1Cl)C(=O)CN(c1ccc(F)c(Cl)c1)S(C)(=O)=O. The van der Waals surface area contributed by atoms with E-state index in [0.717, 1.165) is 22.7 Å². The molecule has 0 heterocycles. The molecule has 1 atom stereocenters. The van der Waals surface area contributed by atoms with Gasteiger partial charge in [-0.05, 0) is 42.7 Å². The van der Waals surface area contributed by atoms with E-state index in [2.05, 4.69) is 5.32 Å². The summed E-state index contributed by atoms with van der Waals surface area (Å²) in [7, 11) is -3.99. The van der Waals surface area contributed by atoms with Crippen LogP contribution in [-0.2, 0) is 26.2 Å². The average Bonchev–Trinajstić information content (AvgIpc) is 2.78. The molecule has 0 aliphatic heterocycles. The lowest BCUT2D eigenvalue weighted by Crippen LogP contribution is -2.52. The molecule has 0 spiro atoms. The third-order valence-electron chi connectivity index (χ3n) is 5.33. The zero-order valence-corrected chi connectivity index (χ0v) is 23.5. The lowest BCUT2D eigenvalue weighted by molar-refractivity contribution is -0.140. The summed E-state index contributed by atoms with van der Waals surface area (Å²) in [4.78, 5) is 28.0. The minimum atomic E-state index is -3.99. The Morgan fingerprint density at radius 3 is 2.17 bits per heavy atom. The third kappa shape index (κ3) is 7.96. The lowest BCUT2D eigenvalue weighted by atomic mass is 10.1. The molecule has 2 amide bonds. The molecular weight excluding hydrogens is 552 g/mol. The zero-order valence-electron chi connectivity index (χ0n) is 20.4. The molecule has 0 fully saturated rings. The molecule has 0 aliphatic carbocycles. The van der Waals surface area contributed by atoms with Crippen molar-refractivity contribution in [1.29, 1.82) is 0 Å². The fraction of sp³-hybridized carbons (Fsp3) is 0.417. The van der Waals surface area contributed by atoms with Crippen LogP contribution >= 0.6 is 34.8 Å². The van der Waals surface area contributed by atoms with Crippen LogP contribution in [-0.4, -0.2) is 50.5 Å². The quantitative estimate of drug-likeness (QED) is 0.399. The number of halogens is 4. The monoisotopic (exact) mass is 579 g/mol. The summed E-state index contributed by atoms with van der Waals surface area (Å²) < 4.78 is 39.7. The highest BCUT2D eigenvalue weighted by atomic mass is 35.5. The summed E-state index contributed by atoms with van der Waals surface area (Å²) in [5, 5.41) is 3.11. The number of sulfonamides is 1. The molecule has 0 saturated carbocycles. The second-order valence-corrected chi connectivity index (χ2v) is 11.8. The van der Waals surface area contributed by atoms with E-state index in [9.17, 15) is 22.4 Å². The third-order valence-corrected chi connectivity index (χ3v) is 7.47. The molecule has 36 heavy (non-hydrogen) atoms. The second kappa shape index (κ2) is 12.9. The molecule has 0 aliphatic rings. The molecule has 2 aromatic carbocycles. The Morgan fingerprint density at radius 1 is 1.06 bits per heavy atom. The maximum atomic E-state index is 13.7. The summed E-state index contributed by atoms with van der Waals surface area (Å²) in [6.45, 7) is 5.22. The molecule has 1 N–H and O–H groups in total. The van der Waals surface area contributed by atoms with E-state index in [1.165, 1.54) is 11.0 Å². The highest BCUT2D eigenvalue weighted by Gasteiger charge is 2.32. The van der Waals surface area contributed by atoms with Gasteiger partial charge in [-0.1, -0.05) is 61.6 Å². The van der Waals surface area contributed by atoms with Crippen LogP contribution in [0.2, 0.25) is 15.1 Å². The van der Waals surface area contributed by atoms with Crippen LogP contribution in [0.4, 0.5) is 10.1 Å². The maximum Gasteiger partial charge on any atom is 0.244 e. The van der Waals surface area contributed by atoms with Gasteiger partial charge in [-0.15, -0.1) is 0 Å². The first-order chi connectivity index (χ1) is 16.8. The summed E-state index contributed by atoms with van der Waals surface area (Å²) in [6, 6.07) is 7.27. The lowest BCUT2D eigenvalue weighted by Gasteiger charge is -2.33. The molecule has 0 bridgehead atoms. The molecule has 0 aromatic heterocycles. The van der Waals surface area contributed by atoms with E-state index in [1.54, 1.807) is 25.1 Å². The summed E-state index contributed by atoms with van der Waals surface area (Å²) >= 11 is 18.5. The van der Waals surface area contributed by atoms with Gasteiger partial charge in [-0.25, -0.2) is 12.8 Å². The molecule has 0 radical (unpaired) electrons. The van der Waals surface area contributed by atoms with E-state index in [0.29, 0.717) is 22.2 Å². The highest BCUT2D eigenvalue weighted by molar-refractivity contribution is 7.92. The van der Waals surface area contributed by atoms with Crippen LogP contribution in [0.1, 0.15) is 32.8 Å². The number of nitrogens with zero attached hydrogens (tertiary/aromatic N) is 2. The summed E-state index contributed by atoms with van der Waals surface area (Å²) in [5.74, 6) is -1.62. The number of carbonyl (C=O) groups is 2. The Balaban J connectivity index is 2.50. The number of benzene rings is 2. The Kier molecular flexibility index (Phi) is 10.8. The van der Waals surface area contributed by atoms with Gasteiger partial charge in [-0.3, -0.25) is 13.9 Å². The molecule has 2 rings (SSSR count). The van der Waals surface area contributed by atoms with Crippen molar-refractivity contribution >= 4 is 62.3 Å². The number of rotatable bonds is 11. The summed E-state index contributed by atoms with van der Waals surface area (Å²) in [5.41, 5.74) is 0.422. The van der Waals surface area contributed by atoms with E-state index in [4.69, 9.17) is 34.8 Å². The number of anilines is 1. The maximum absolute atomic E-state index is 13.7. The fourth-order valence-corrected chi connectivity index (χ4v) is 4.98. The number of nitrogens with one attached hydrogen (secondary N) is 1. The van der Waals surface area contributed by atoms with Crippen molar-refractivity contribution in [3.63, 3.8) is 0 Å². The molecule has 2 aromatic rings. The molecule has 7 nitrogen and oxygen atoms in total. The van der Waals surface area contributed by atoms with Crippen LogP contribution in [0, 0.1) is 11.7 Å². The van der Waals surface area contributed by atoms with Gasteiger partial charge in [0.25, 0.3) is 0 Å². The van der Waals surface area contributed by atoms with Gasteiger partial charge in [0.2, 0.25) is 21.8 Å². The van der Waals surface area contributed by atoms with Crippen LogP contribution in [0.15, 0.2) is 36.4 Å². The summed E-state index contributed by atoms with van der Waals surface area (Å²) in [6.07, 6.45) is 1.17. The van der Waals surface area contributed by atoms with Crippen molar-refractivity contribution in [1.82, 2.24) is 10.2 Å². The van der Waals surface area contributed by atoms with Crippen molar-refractivity contribution in [2.24, 2.45) is 5.92 Å². The van der Waals surface area contributed by atoms with Gasteiger partial charge in [0, 0.05) is 28.7 Å². The van der Waals surface area contributed by atoms with Crippen molar-refractivity contribution in [2.45, 2.75) is 39.8 Å². The van der Waals surface area contributed by atoms with E-state index >= 15 is 0 Å². The number of amides is 2. The number of carbonyl (C=O) groups excluding carboxylic acids is 2. The van der Waals surface area contributed by atoms with Crippen molar-refractivity contribution < 1.29 is 22.4 Å². The van der Waals surface area contributed by atoms with Crippen molar-refractivity contribution in [3.05, 3.63) is 62.8 Å². The first-order valence-electron chi connectivity index (χ1n) is 11.2. The predicted octanol–water partition coefficient (Wildman–Crippen LogP) is 5.13. The first-order valence-corrected chi connectivity index (χ1v) is 14.2. The molecule has 1 unspecified atom stereocenters. The van der Waals surface area contributed by atoms with E-state index in [1.807, 2.05) is 13.8 Å². The van der Waals surface area contributed by atoms with E-state index in [-0.39, 0.29) is 29.6 Å². The van der Waals surface area contributed by atoms with Gasteiger partial charge in [0.05, 0.1) is 17.0 Å². The van der Waals surface area contributed by atoms with Crippen LogP contribution in [0.25, 0.3) is 0 Å². The second-order valence-electron chi connectivity index (χ2n) is 8.65. The molecule has 0 saturated heterocycles. The van der Waals surface area contributed by atoms with Crippen LogP contribution < -0.4 is 9.62 Å². The molecular formula is C24H29Cl3FN3O4S.